The average molecular weight is 517 g/mol. The Morgan fingerprint density at radius 2 is 2.08 bits per heavy atom. The molecular weight excluding hydrogens is 496 g/mol. The Labute approximate surface area is 214 Å². The predicted octanol–water partition coefficient (Wildman–Crippen LogP) is 5.46. The molecule has 0 bridgehead atoms. The first kappa shape index (κ1) is 22.4. The molecule has 6 rings (SSSR count). The van der Waals surface area contributed by atoms with Crippen molar-refractivity contribution in [2.75, 3.05) is 18.5 Å². The standard InChI is InChI=1S/C26H20N4O4S2/c1-3-33-18-7-5-4-6-16(18)21-24(23(32)15-8-9-19-17(12-15)28-20(31)13-34-19)36-25(29-21)22-14(2)27-26-30(22)10-11-35-26/h4-12H,3,13H2,1-2H3,(H,28,31). The molecule has 1 aliphatic rings. The van der Waals surface area contributed by atoms with Crippen molar-refractivity contribution in [2.45, 2.75) is 13.8 Å². The topological polar surface area (TPSA) is 94.8 Å². The van der Waals surface area contributed by atoms with E-state index in [-0.39, 0.29) is 18.3 Å². The minimum absolute atomic E-state index is 0.0430. The van der Waals surface area contributed by atoms with Gasteiger partial charge in [0.1, 0.15) is 27.1 Å². The Morgan fingerprint density at radius 3 is 2.94 bits per heavy atom. The molecule has 0 saturated carbocycles. The second kappa shape index (κ2) is 8.89. The number of carbonyl (C=O) groups excluding carboxylic acids is 2. The third-order valence-electron chi connectivity index (χ3n) is 5.79. The highest BCUT2D eigenvalue weighted by Gasteiger charge is 2.27. The van der Waals surface area contributed by atoms with E-state index in [1.807, 2.05) is 54.1 Å². The molecule has 0 saturated heterocycles. The van der Waals surface area contributed by atoms with Gasteiger partial charge in [0.2, 0.25) is 5.78 Å². The Kier molecular flexibility index (Phi) is 5.54. The molecule has 0 unspecified atom stereocenters. The van der Waals surface area contributed by atoms with Gasteiger partial charge in [-0.15, -0.1) is 22.7 Å². The van der Waals surface area contributed by atoms with E-state index in [0.717, 1.165) is 21.9 Å². The number of nitrogens with zero attached hydrogens (tertiary/aromatic N) is 3. The smallest absolute Gasteiger partial charge is 0.262 e. The van der Waals surface area contributed by atoms with E-state index >= 15 is 0 Å². The van der Waals surface area contributed by atoms with Gasteiger partial charge in [0.15, 0.2) is 11.6 Å². The summed E-state index contributed by atoms with van der Waals surface area (Å²) >= 11 is 2.87. The largest absolute Gasteiger partial charge is 0.493 e. The van der Waals surface area contributed by atoms with Crippen molar-refractivity contribution in [2.24, 2.45) is 0 Å². The van der Waals surface area contributed by atoms with Crippen LogP contribution in [0.3, 0.4) is 0 Å². The van der Waals surface area contributed by atoms with Crippen molar-refractivity contribution in [3.05, 3.63) is 70.2 Å². The van der Waals surface area contributed by atoms with Crippen LogP contribution in [0.15, 0.2) is 54.0 Å². The number of para-hydroxylation sites is 1. The number of thiazole rings is 2. The zero-order chi connectivity index (χ0) is 24.8. The molecule has 2 aromatic carbocycles. The van der Waals surface area contributed by atoms with Crippen LogP contribution in [0.1, 0.15) is 27.9 Å². The lowest BCUT2D eigenvalue weighted by Gasteiger charge is -2.18. The number of aryl methyl sites for hydroxylation is 1. The minimum Gasteiger partial charge on any atom is -0.493 e. The number of ketones is 1. The third-order valence-corrected chi connectivity index (χ3v) is 7.61. The van der Waals surface area contributed by atoms with Gasteiger partial charge in [-0.1, -0.05) is 12.1 Å². The zero-order valence-corrected chi connectivity index (χ0v) is 21.0. The molecule has 3 aromatic heterocycles. The summed E-state index contributed by atoms with van der Waals surface area (Å²) in [6.45, 7) is 4.30. The molecule has 0 fully saturated rings. The number of fused-ring (bicyclic) bond motifs is 2. The summed E-state index contributed by atoms with van der Waals surface area (Å²) in [5.41, 5.74) is 3.89. The molecule has 36 heavy (non-hydrogen) atoms. The summed E-state index contributed by atoms with van der Waals surface area (Å²) < 4.78 is 13.3. The molecule has 10 heteroatoms. The molecule has 0 aliphatic carbocycles. The van der Waals surface area contributed by atoms with Crippen LogP contribution in [0.2, 0.25) is 0 Å². The number of hydrogen-bond acceptors (Lipinski definition) is 8. The summed E-state index contributed by atoms with van der Waals surface area (Å²) in [7, 11) is 0. The van der Waals surface area contributed by atoms with E-state index in [1.54, 1.807) is 29.5 Å². The van der Waals surface area contributed by atoms with E-state index in [2.05, 4.69) is 10.3 Å². The lowest BCUT2D eigenvalue weighted by molar-refractivity contribution is -0.118. The number of nitrogens with one attached hydrogen (secondary N) is 1. The van der Waals surface area contributed by atoms with Crippen molar-refractivity contribution in [3.63, 3.8) is 0 Å². The number of rotatable bonds is 6. The lowest BCUT2D eigenvalue weighted by Crippen LogP contribution is -2.25. The predicted molar refractivity (Wildman–Crippen MR) is 140 cm³/mol. The number of ether oxygens (including phenoxy) is 2. The van der Waals surface area contributed by atoms with Gasteiger partial charge in [-0.3, -0.25) is 14.0 Å². The van der Waals surface area contributed by atoms with E-state index in [0.29, 0.717) is 44.9 Å². The molecule has 0 spiro atoms. The fourth-order valence-corrected chi connectivity index (χ4v) is 6.10. The maximum atomic E-state index is 13.9. The molecule has 0 radical (unpaired) electrons. The van der Waals surface area contributed by atoms with Gasteiger partial charge in [-0.2, -0.15) is 0 Å². The van der Waals surface area contributed by atoms with Crippen LogP contribution in [0.5, 0.6) is 11.5 Å². The highest BCUT2D eigenvalue weighted by Crippen LogP contribution is 2.41. The molecule has 1 N–H and O–H groups in total. The minimum atomic E-state index is -0.255. The van der Waals surface area contributed by atoms with Crippen molar-refractivity contribution >= 4 is 45.0 Å². The van der Waals surface area contributed by atoms with Crippen LogP contribution >= 0.6 is 22.7 Å². The van der Waals surface area contributed by atoms with Crippen LogP contribution in [0, 0.1) is 6.92 Å². The molecule has 8 nitrogen and oxygen atoms in total. The first-order valence-electron chi connectivity index (χ1n) is 11.3. The number of benzene rings is 2. The van der Waals surface area contributed by atoms with Gasteiger partial charge in [-0.05, 0) is 44.2 Å². The number of carbonyl (C=O) groups is 2. The van der Waals surface area contributed by atoms with Gasteiger partial charge >= 0.3 is 0 Å². The zero-order valence-electron chi connectivity index (χ0n) is 19.4. The third kappa shape index (κ3) is 3.75. The summed E-state index contributed by atoms with van der Waals surface area (Å²) in [5.74, 6) is 0.733. The first-order chi connectivity index (χ1) is 17.5. The van der Waals surface area contributed by atoms with E-state index in [4.69, 9.17) is 14.5 Å². The molecule has 0 atom stereocenters. The lowest BCUT2D eigenvalue weighted by atomic mass is 10.0. The quantitative estimate of drug-likeness (QED) is 0.301. The first-order valence-corrected chi connectivity index (χ1v) is 13.0. The van der Waals surface area contributed by atoms with Gasteiger partial charge in [0.05, 0.1) is 23.7 Å². The van der Waals surface area contributed by atoms with Crippen molar-refractivity contribution in [3.8, 4) is 33.5 Å². The highest BCUT2D eigenvalue weighted by molar-refractivity contribution is 7.17. The normalized spacial score (nSPS) is 12.8. The molecular formula is C26H20N4O4S2. The van der Waals surface area contributed by atoms with Gasteiger partial charge in [0.25, 0.3) is 5.91 Å². The highest BCUT2D eigenvalue weighted by atomic mass is 32.1. The van der Waals surface area contributed by atoms with Gasteiger partial charge in [0, 0.05) is 22.7 Å². The second-order valence-corrected chi connectivity index (χ2v) is 9.98. The molecule has 4 heterocycles. The number of anilines is 1. The summed E-state index contributed by atoms with van der Waals surface area (Å²) in [6.07, 6.45) is 1.96. The van der Waals surface area contributed by atoms with Crippen LogP contribution in [-0.2, 0) is 4.79 Å². The summed E-state index contributed by atoms with van der Waals surface area (Å²) in [6, 6.07) is 12.6. The maximum absolute atomic E-state index is 13.9. The fourth-order valence-electron chi connectivity index (χ4n) is 4.21. The Hall–Kier alpha value is -4.02. The molecule has 1 amide bonds. The van der Waals surface area contributed by atoms with Crippen molar-refractivity contribution in [1.82, 2.24) is 14.4 Å². The number of hydrogen-bond donors (Lipinski definition) is 1. The summed E-state index contributed by atoms with van der Waals surface area (Å²) in [5, 5.41) is 5.44. The van der Waals surface area contributed by atoms with Crippen LogP contribution in [0.25, 0.3) is 26.9 Å². The Morgan fingerprint density at radius 1 is 1.22 bits per heavy atom. The maximum Gasteiger partial charge on any atom is 0.262 e. The van der Waals surface area contributed by atoms with E-state index in [9.17, 15) is 9.59 Å². The molecule has 180 valence electrons. The van der Waals surface area contributed by atoms with Gasteiger partial charge in [-0.25, -0.2) is 9.97 Å². The van der Waals surface area contributed by atoms with E-state index in [1.165, 1.54) is 11.3 Å². The summed E-state index contributed by atoms with van der Waals surface area (Å²) in [4.78, 5) is 36.7. The van der Waals surface area contributed by atoms with Crippen molar-refractivity contribution < 1.29 is 19.1 Å². The number of imidazole rings is 1. The Bertz CT molecular complexity index is 1650. The number of aromatic nitrogens is 3. The van der Waals surface area contributed by atoms with Gasteiger partial charge < -0.3 is 14.8 Å². The molecule has 1 aliphatic heterocycles. The number of amides is 1. The molecule has 5 aromatic rings. The van der Waals surface area contributed by atoms with Crippen molar-refractivity contribution in [1.29, 1.82) is 0 Å². The van der Waals surface area contributed by atoms with Crippen LogP contribution in [0.4, 0.5) is 5.69 Å². The monoisotopic (exact) mass is 516 g/mol. The van der Waals surface area contributed by atoms with Crippen LogP contribution < -0.4 is 14.8 Å². The SMILES string of the molecule is CCOc1ccccc1-c1nc(-c2c(C)nc3sccn23)sc1C(=O)c1ccc2c(c1)NC(=O)CO2. The second-order valence-electron chi connectivity index (χ2n) is 8.10. The Balaban J connectivity index is 1.53. The fraction of sp³-hybridized carbons (Fsp3) is 0.154. The average Bonchev–Trinajstić information content (AvgIpc) is 3.58. The van der Waals surface area contributed by atoms with Crippen LogP contribution in [-0.4, -0.2) is 39.3 Å². The van der Waals surface area contributed by atoms with E-state index < -0.39 is 0 Å².